The SMILES string of the molecule is COc1cc([C@H]2CN3C(=O)CN(CCc4ccc(F)cc4)C(=O)[C@]3(C)c3[nH]c4ccccc4c32)ccc1OC(C)C. The van der Waals surface area contributed by atoms with Gasteiger partial charge in [-0.1, -0.05) is 36.4 Å². The number of aromatic amines is 1. The minimum Gasteiger partial charge on any atom is -0.493 e. The van der Waals surface area contributed by atoms with Crippen molar-refractivity contribution in [3.8, 4) is 11.5 Å². The van der Waals surface area contributed by atoms with Gasteiger partial charge < -0.3 is 24.3 Å². The van der Waals surface area contributed by atoms with E-state index in [9.17, 15) is 14.0 Å². The third-order valence-corrected chi connectivity index (χ3v) is 8.35. The molecule has 0 saturated carbocycles. The van der Waals surface area contributed by atoms with Crippen LogP contribution in [0.2, 0.25) is 0 Å². The van der Waals surface area contributed by atoms with Gasteiger partial charge in [0.25, 0.3) is 5.91 Å². The van der Waals surface area contributed by atoms with Gasteiger partial charge in [0.15, 0.2) is 17.0 Å². The van der Waals surface area contributed by atoms with Gasteiger partial charge in [0.1, 0.15) is 5.82 Å². The number of methoxy groups -OCH3 is 1. The molecule has 41 heavy (non-hydrogen) atoms. The van der Waals surface area contributed by atoms with Gasteiger partial charge in [-0.3, -0.25) is 9.59 Å². The lowest BCUT2D eigenvalue weighted by Gasteiger charge is -2.51. The molecular formula is C33H34FN3O4. The van der Waals surface area contributed by atoms with Crippen LogP contribution in [0.5, 0.6) is 11.5 Å². The predicted molar refractivity (Wildman–Crippen MR) is 155 cm³/mol. The first-order valence-corrected chi connectivity index (χ1v) is 14.0. The fourth-order valence-electron chi connectivity index (χ4n) is 6.32. The number of benzene rings is 3. The summed E-state index contributed by atoms with van der Waals surface area (Å²) < 4.78 is 25.0. The number of nitrogens with zero attached hydrogens (tertiary/aromatic N) is 2. The van der Waals surface area contributed by atoms with Crippen LogP contribution in [0.3, 0.4) is 0 Å². The lowest BCUT2D eigenvalue weighted by Crippen LogP contribution is -2.67. The molecule has 4 aromatic rings. The van der Waals surface area contributed by atoms with Gasteiger partial charge >= 0.3 is 0 Å². The Morgan fingerprint density at radius 1 is 1.05 bits per heavy atom. The highest BCUT2D eigenvalue weighted by Gasteiger charge is 2.56. The number of carbonyl (C=O) groups is 2. The molecule has 3 heterocycles. The van der Waals surface area contributed by atoms with Crippen molar-refractivity contribution in [2.75, 3.05) is 26.7 Å². The quantitative estimate of drug-likeness (QED) is 0.333. The van der Waals surface area contributed by atoms with Gasteiger partial charge in [-0.15, -0.1) is 0 Å². The van der Waals surface area contributed by atoms with Crippen molar-refractivity contribution in [1.29, 1.82) is 0 Å². The molecule has 2 atom stereocenters. The van der Waals surface area contributed by atoms with Crippen LogP contribution in [0.15, 0.2) is 66.7 Å². The first-order valence-electron chi connectivity index (χ1n) is 14.0. The highest BCUT2D eigenvalue weighted by Crippen LogP contribution is 2.49. The number of carbonyl (C=O) groups excluding carboxylic acids is 2. The van der Waals surface area contributed by atoms with Crippen LogP contribution < -0.4 is 9.47 Å². The van der Waals surface area contributed by atoms with E-state index < -0.39 is 5.54 Å². The van der Waals surface area contributed by atoms with E-state index in [1.165, 1.54) is 12.1 Å². The Morgan fingerprint density at radius 2 is 1.80 bits per heavy atom. The molecule has 2 aliphatic rings. The van der Waals surface area contributed by atoms with Crippen LogP contribution in [0.1, 0.15) is 49.1 Å². The van der Waals surface area contributed by atoms with Gasteiger partial charge in [0.2, 0.25) is 5.91 Å². The van der Waals surface area contributed by atoms with Crippen molar-refractivity contribution in [2.24, 2.45) is 0 Å². The summed E-state index contributed by atoms with van der Waals surface area (Å²) in [6.45, 7) is 6.51. The van der Waals surface area contributed by atoms with E-state index in [4.69, 9.17) is 9.47 Å². The highest BCUT2D eigenvalue weighted by molar-refractivity contribution is 6.01. The number of aromatic nitrogens is 1. The number of piperazine rings is 1. The van der Waals surface area contributed by atoms with Crippen LogP contribution in [-0.4, -0.2) is 59.4 Å². The van der Waals surface area contributed by atoms with Crippen molar-refractivity contribution < 1.29 is 23.5 Å². The van der Waals surface area contributed by atoms with Crippen LogP contribution >= 0.6 is 0 Å². The molecule has 2 amide bonds. The number of ether oxygens (including phenoxy) is 2. The minimum atomic E-state index is -1.19. The molecule has 3 aromatic carbocycles. The topological polar surface area (TPSA) is 74.9 Å². The second kappa shape index (κ2) is 10.3. The largest absolute Gasteiger partial charge is 0.493 e. The summed E-state index contributed by atoms with van der Waals surface area (Å²) in [5.41, 5.74) is 3.37. The van der Waals surface area contributed by atoms with Crippen molar-refractivity contribution in [1.82, 2.24) is 14.8 Å². The van der Waals surface area contributed by atoms with E-state index in [0.29, 0.717) is 31.0 Å². The molecule has 0 unspecified atom stereocenters. The smallest absolute Gasteiger partial charge is 0.254 e. The molecule has 212 valence electrons. The number of halogens is 1. The predicted octanol–water partition coefficient (Wildman–Crippen LogP) is 5.38. The van der Waals surface area contributed by atoms with Crippen LogP contribution in [0, 0.1) is 5.82 Å². The van der Waals surface area contributed by atoms with Crippen LogP contribution in [0.4, 0.5) is 4.39 Å². The molecule has 0 radical (unpaired) electrons. The standard InChI is InChI=1S/C33H34FN3O4/c1-20(2)41-27-14-11-22(17-28(27)40-4)25-18-37-29(38)19-36(16-15-21-9-12-23(34)13-10-21)32(39)33(37,3)31-30(25)24-7-5-6-8-26(24)35-31/h5-14,17,20,25,35H,15-16,18-19H2,1-4H3/t25-,33+/m1/s1. The lowest BCUT2D eigenvalue weighted by atomic mass is 9.76. The summed E-state index contributed by atoms with van der Waals surface area (Å²) in [5.74, 6) is 0.574. The Kier molecular flexibility index (Phi) is 6.72. The number of fused-ring (bicyclic) bond motifs is 5. The maximum atomic E-state index is 14.2. The van der Waals surface area contributed by atoms with Gasteiger partial charge in [-0.25, -0.2) is 4.39 Å². The molecule has 2 aliphatic heterocycles. The molecule has 1 aromatic heterocycles. The van der Waals surface area contributed by atoms with Crippen molar-refractivity contribution in [3.05, 3.63) is 94.9 Å². The molecule has 1 fully saturated rings. The first kappa shape index (κ1) is 26.9. The lowest BCUT2D eigenvalue weighted by molar-refractivity contribution is -0.166. The minimum absolute atomic E-state index is 0.00237. The Hall–Kier alpha value is -4.33. The van der Waals surface area contributed by atoms with E-state index in [2.05, 4.69) is 11.1 Å². The van der Waals surface area contributed by atoms with Crippen molar-refractivity contribution >= 4 is 22.7 Å². The summed E-state index contributed by atoms with van der Waals surface area (Å²) in [6.07, 6.45) is 0.524. The maximum Gasteiger partial charge on any atom is 0.254 e. The van der Waals surface area contributed by atoms with Gasteiger partial charge in [0.05, 0.1) is 25.5 Å². The van der Waals surface area contributed by atoms with Crippen LogP contribution in [0.25, 0.3) is 10.9 Å². The van der Waals surface area contributed by atoms with Crippen molar-refractivity contribution in [2.45, 2.75) is 44.8 Å². The molecule has 1 N–H and O–H groups in total. The molecule has 8 heteroatoms. The Morgan fingerprint density at radius 3 is 2.54 bits per heavy atom. The summed E-state index contributed by atoms with van der Waals surface area (Å²) in [6, 6.07) is 20.2. The molecule has 7 nitrogen and oxygen atoms in total. The third-order valence-electron chi connectivity index (χ3n) is 8.35. The van der Waals surface area contributed by atoms with E-state index in [-0.39, 0.29) is 36.2 Å². The number of nitrogens with one attached hydrogen (secondary N) is 1. The third kappa shape index (κ3) is 4.51. The number of para-hydroxylation sites is 1. The second-order valence-electron chi connectivity index (χ2n) is 11.3. The highest BCUT2D eigenvalue weighted by atomic mass is 19.1. The zero-order valence-electron chi connectivity index (χ0n) is 23.7. The molecule has 1 saturated heterocycles. The first-order chi connectivity index (χ1) is 19.7. The zero-order chi connectivity index (χ0) is 28.9. The molecule has 0 bridgehead atoms. The van der Waals surface area contributed by atoms with E-state index in [1.807, 2.05) is 57.2 Å². The molecule has 6 rings (SSSR count). The molecule has 0 aliphatic carbocycles. The van der Waals surface area contributed by atoms with Gasteiger partial charge in [0, 0.05) is 29.9 Å². The number of rotatable bonds is 7. The van der Waals surface area contributed by atoms with E-state index in [0.717, 1.165) is 33.3 Å². The Bertz CT molecular complexity index is 1630. The maximum absolute atomic E-state index is 14.2. The number of hydrogen-bond acceptors (Lipinski definition) is 4. The average Bonchev–Trinajstić information content (AvgIpc) is 3.36. The Balaban J connectivity index is 1.42. The van der Waals surface area contributed by atoms with Gasteiger partial charge in [-0.05, 0) is 74.2 Å². The van der Waals surface area contributed by atoms with Crippen molar-refractivity contribution in [3.63, 3.8) is 0 Å². The number of amides is 2. The van der Waals surface area contributed by atoms with E-state index in [1.54, 1.807) is 29.0 Å². The molecule has 0 spiro atoms. The second-order valence-corrected chi connectivity index (χ2v) is 11.3. The van der Waals surface area contributed by atoms with Gasteiger partial charge in [-0.2, -0.15) is 0 Å². The fourth-order valence-corrected chi connectivity index (χ4v) is 6.32. The van der Waals surface area contributed by atoms with E-state index >= 15 is 0 Å². The summed E-state index contributed by atoms with van der Waals surface area (Å²) in [4.78, 5) is 34.9. The van der Waals surface area contributed by atoms with Crippen LogP contribution in [-0.2, 0) is 21.5 Å². The summed E-state index contributed by atoms with van der Waals surface area (Å²) >= 11 is 0. The Labute approximate surface area is 238 Å². The monoisotopic (exact) mass is 555 g/mol. The number of H-pyrrole nitrogens is 1. The zero-order valence-corrected chi connectivity index (χ0v) is 23.7. The summed E-state index contributed by atoms with van der Waals surface area (Å²) in [7, 11) is 1.62. The number of hydrogen-bond donors (Lipinski definition) is 1. The normalized spacial score (nSPS) is 20.4. The average molecular weight is 556 g/mol. The fraction of sp³-hybridized carbons (Fsp3) is 0.333. The molecular weight excluding hydrogens is 521 g/mol. The summed E-state index contributed by atoms with van der Waals surface area (Å²) in [5, 5.41) is 1.03.